The van der Waals surface area contributed by atoms with Gasteiger partial charge in [-0.05, 0) is 45.0 Å². The molecule has 0 fully saturated rings. The molecule has 26 heavy (non-hydrogen) atoms. The quantitative estimate of drug-likeness (QED) is 0.630. The van der Waals surface area contributed by atoms with E-state index in [1.807, 2.05) is 0 Å². The average molecular weight is 377 g/mol. The van der Waals surface area contributed by atoms with Gasteiger partial charge in [-0.25, -0.2) is 19.8 Å². The van der Waals surface area contributed by atoms with Crippen molar-refractivity contribution >= 4 is 41.2 Å². The van der Waals surface area contributed by atoms with Gasteiger partial charge in [0.2, 0.25) is 0 Å². The summed E-state index contributed by atoms with van der Waals surface area (Å²) in [4.78, 5) is 28.3. The molecule has 2 aromatic rings. The number of pyridine rings is 1. The second-order valence-corrected chi connectivity index (χ2v) is 6.82. The zero-order valence-electron chi connectivity index (χ0n) is 14.8. The van der Waals surface area contributed by atoms with Crippen molar-refractivity contribution in [3.63, 3.8) is 0 Å². The summed E-state index contributed by atoms with van der Waals surface area (Å²) in [5.74, 6) is 0.258. The van der Waals surface area contributed by atoms with Crippen molar-refractivity contribution in [2.45, 2.75) is 26.4 Å². The highest BCUT2D eigenvalue weighted by atomic mass is 35.5. The van der Waals surface area contributed by atoms with Gasteiger partial charge in [-0.15, -0.1) is 0 Å². The molecule has 0 saturated carbocycles. The molecule has 1 amide bonds. The van der Waals surface area contributed by atoms with E-state index >= 15 is 0 Å². The molecule has 0 spiro atoms. The third kappa shape index (κ3) is 4.64. The Morgan fingerprint density at radius 3 is 2.54 bits per heavy atom. The number of benzene rings is 1. The van der Waals surface area contributed by atoms with Gasteiger partial charge >= 0.3 is 6.09 Å². The van der Waals surface area contributed by atoms with Gasteiger partial charge < -0.3 is 15.3 Å². The maximum absolute atomic E-state index is 12.8. The van der Waals surface area contributed by atoms with Gasteiger partial charge in [0.05, 0.1) is 16.4 Å². The minimum atomic E-state index is -0.750. The van der Waals surface area contributed by atoms with Crippen LogP contribution in [0.3, 0.4) is 0 Å². The number of halogens is 1. The van der Waals surface area contributed by atoms with Crippen LogP contribution in [0, 0.1) is 0 Å². The zero-order chi connectivity index (χ0) is 19.3. The summed E-state index contributed by atoms with van der Waals surface area (Å²) >= 11 is 6.33. The summed E-state index contributed by atoms with van der Waals surface area (Å²) in [5.41, 5.74) is 6.06. The van der Waals surface area contributed by atoms with Gasteiger partial charge in [0, 0.05) is 6.20 Å². The SMILES string of the molecule is CC(C)(C)OC(=O)N(CC=O)N(c1ccccc1Cl)c1ncccc1N. The smallest absolute Gasteiger partial charge is 0.430 e. The number of aromatic nitrogens is 1. The summed E-state index contributed by atoms with van der Waals surface area (Å²) in [6, 6.07) is 10.2. The lowest BCUT2D eigenvalue weighted by atomic mass is 10.2. The molecule has 8 heteroatoms. The topological polar surface area (TPSA) is 88.8 Å². The van der Waals surface area contributed by atoms with Crippen molar-refractivity contribution in [1.82, 2.24) is 9.99 Å². The molecule has 0 unspecified atom stereocenters. The van der Waals surface area contributed by atoms with Crippen molar-refractivity contribution in [3.05, 3.63) is 47.6 Å². The first-order valence-corrected chi connectivity index (χ1v) is 8.31. The standard InChI is InChI=1S/C18H21ClN4O3/c1-18(2,3)26-17(25)22(11-12-24)23(15-9-5-4-7-13(15)19)16-14(20)8-6-10-21-16/h4-10,12H,11,20H2,1-3H3. The average Bonchev–Trinajstić information content (AvgIpc) is 2.55. The number of hydrogen-bond acceptors (Lipinski definition) is 6. The van der Waals surface area contributed by atoms with E-state index < -0.39 is 11.7 Å². The lowest BCUT2D eigenvalue weighted by Gasteiger charge is -2.36. The van der Waals surface area contributed by atoms with Crippen LogP contribution in [0.25, 0.3) is 0 Å². The number of hydrazine groups is 1. The van der Waals surface area contributed by atoms with Gasteiger partial charge in [0.15, 0.2) is 5.82 Å². The van der Waals surface area contributed by atoms with Crippen LogP contribution in [0.4, 0.5) is 22.0 Å². The fourth-order valence-electron chi connectivity index (χ4n) is 2.19. The van der Waals surface area contributed by atoms with Crippen LogP contribution in [0.15, 0.2) is 42.6 Å². The molecule has 138 valence electrons. The van der Waals surface area contributed by atoms with Crippen LogP contribution in [-0.4, -0.2) is 34.5 Å². The van der Waals surface area contributed by atoms with E-state index in [9.17, 15) is 9.59 Å². The summed E-state index contributed by atoms with van der Waals surface area (Å²) in [5, 5.41) is 2.86. The van der Waals surface area contributed by atoms with E-state index in [1.165, 1.54) is 11.2 Å². The molecule has 2 N–H and O–H groups in total. The van der Waals surface area contributed by atoms with E-state index in [2.05, 4.69) is 4.98 Å². The first-order valence-electron chi connectivity index (χ1n) is 7.94. The normalized spacial score (nSPS) is 10.9. The van der Waals surface area contributed by atoms with E-state index in [4.69, 9.17) is 22.1 Å². The minimum Gasteiger partial charge on any atom is -0.442 e. The maximum Gasteiger partial charge on any atom is 0.430 e. The van der Waals surface area contributed by atoms with Crippen molar-refractivity contribution < 1.29 is 14.3 Å². The molecule has 0 radical (unpaired) electrons. The van der Waals surface area contributed by atoms with Crippen LogP contribution in [0.2, 0.25) is 5.02 Å². The van der Waals surface area contributed by atoms with Crippen LogP contribution in [0.5, 0.6) is 0 Å². The van der Waals surface area contributed by atoms with Crippen molar-refractivity contribution in [1.29, 1.82) is 0 Å². The predicted molar refractivity (Wildman–Crippen MR) is 101 cm³/mol. The third-order valence-corrected chi connectivity index (χ3v) is 3.51. The second-order valence-electron chi connectivity index (χ2n) is 6.41. The number of ether oxygens (including phenoxy) is 1. The summed E-state index contributed by atoms with van der Waals surface area (Å²) in [7, 11) is 0. The highest BCUT2D eigenvalue weighted by molar-refractivity contribution is 6.33. The third-order valence-electron chi connectivity index (χ3n) is 3.19. The molecule has 0 bridgehead atoms. The molecule has 2 rings (SSSR count). The molecular weight excluding hydrogens is 356 g/mol. The van der Waals surface area contributed by atoms with Gasteiger partial charge in [-0.1, -0.05) is 23.7 Å². The molecular formula is C18H21ClN4O3. The Morgan fingerprint density at radius 1 is 1.27 bits per heavy atom. The predicted octanol–water partition coefficient (Wildman–Crippen LogP) is 3.81. The van der Waals surface area contributed by atoms with Gasteiger partial charge in [-0.3, -0.25) is 0 Å². The lowest BCUT2D eigenvalue weighted by Crippen LogP contribution is -2.48. The Kier molecular flexibility index (Phi) is 6.05. The number of carbonyl (C=O) groups excluding carboxylic acids is 2. The number of carbonyl (C=O) groups is 2. The number of nitrogen functional groups attached to an aromatic ring is 1. The Bertz CT molecular complexity index is 747. The van der Waals surface area contributed by atoms with Crippen LogP contribution in [0.1, 0.15) is 20.8 Å². The first kappa shape index (κ1) is 19.5. The number of nitrogens with two attached hydrogens (primary N) is 1. The van der Waals surface area contributed by atoms with Gasteiger partial charge in [0.25, 0.3) is 0 Å². The second kappa shape index (κ2) is 8.05. The van der Waals surface area contributed by atoms with E-state index in [-0.39, 0.29) is 12.4 Å². The Morgan fingerprint density at radius 2 is 1.96 bits per heavy atom. The number of aldehydes is 1. The Hall–Kier alpha value is -2.80. The van der Waals surface area contributed by atoms with Crippen LogP contribution in [-0.2, 0) is 9.53 Å². The number of amides is 1. The van der Waals surface area contributed by atoms with Gasteiger partial charge in [-0.2, -0.15) is 0 Å². The molecule has 1 aromatic carbocycles. The monoisotopic (exact) mass is 376 g/mol. The Labute approximate surface area is 157 Å². The Balaban J connectivity index is 2.60. The van der Waals surface area contributed by atoms with E-state index in [0.29, 0.717) is 22.7 Å². The highest BCUT2D eigenvalue weighted by Gasteiger charge is 2.31. The number of hydrogen-bond donors (Lipinski definition) is 1. The highest BCUT2D eigenvalue weighted by Crippen LogP contribution is 2.35. The molecule has 1 aromatic heterocycles. The summed E-state index contributed by atoms with van der Waals surface area (Å²) < 4.78 is 5.43. The largest absolute Gasteiger partial charge is 0.442 e. The summed E-state index contributed by atoms with van der Waals surface area (Å²) in [6.45, 7) is 4.94. The molecule has 0 aliphatic heterocycles. The summed E-state index contributed by atoms with van der Waals surface area (Å²) in [6.07, 6.45) is 1.39. The maximum atomic E-state index is 12.8. The van der Waals surface area contributed by atoms with E-state index in [1.54, 1.807) is 57.2 Å². The van der Waals surface area contributed by atoms with Crippen molar-refractivity contribution in [2.75, 3.05) is 17.3 Å². The number of rotatable bonds is 5. The van der Waals surface area contributed by atoms with Crippen molar-refractivity contribution in [2.24, 2.45) is 0 Å². The van der Waals surface area contributed by atoms with Crippen molar-refractivity contribution in [3.8, 4) is 0 Å². The molecule has 0 atom stereocenters. The van der Waals surface area contributed by atoms with E-state index in [0.717, 1.165) is 5.01 Å². The van der Waals surface area contributed by atoms with Crippen LogP contribution < -0.4 is 10.7 Å². The van der Waals surface area contributed by atoms with Gasteiger partial charge in [0.1, 0.15) is 18.4 Å². The number of para-hydroxylation sites is 1. The van der Waals surface area contributed by atoms with Crippen LogP contribution >= 0.6 is 11.6 Å². The molecule has 0 aliphatic rings. The lowest BCUT2D eigenvalue weighted by molar-refractivity contribution is -0.109. The number of anilines is 3. The molecule has 7 nitrogen and oxygen atoms in total. The first-order chi connectivity index (χ1) is 12.2. The molecule has 0 aliphatic carbocycles. The molecule has 1 heterocycles. The minimum absolute atomic E-state index is 0.258. The fourth-order valence-corrected chi connectivity index (χ4v) is 2.41. The number of nitrogens with zero attached hydrogens (tertiary/aromatic N) is 3. The molecule has 0 saturated heterocycles. The fraction of sp³-hybridized carbons (Fsp3) is 0.278. The zero-order valence-corrected chi connectivity index (χ0v) is 15.6.